The molecule has 0 aliphatic rings. The standard InChI is InChI=1S/C22H23N5O3S/c1-13-3-5-15(18(9-13)30-8-7-29-2)17-12-24-22(26-17)27-20(28)11-14-4-6-16-19(10-14)31-21(23)25-16/h3-6,9-10,12H,7-8,11H2,1-2H3,(H2,23,25)(H2,24,26,27,28). The van der Waals surface area contributed by atoms with Gasteiger partial charge in [0.15, 0.2) is 5.13 Å². The van der Waals surface area contributed by atoms with E-state index in [4.69, 9.17) is 15.2 Å². The third-order valence-corrected chi connectivity index (χ3v) is 5.49. The monoisotopic (exact) mass is 437 g/mol. The minimum Gasteiger partial charge on any atom is -0.490 e. The molecule has 4 rings (SSSR count). The van der Waals surface area contributed by atoms with Crippen LogP contribution in [0.4, 0.5) is 11.1 Å². The molecule has 0 saturated heterocycles. The van der Waals surface area contributed by atoms with E-state index in [0.29, 0.717) is 24.3 Å². The van der Waals surface area contributed by atoms with Gasteiger partial charge in [0.25, 0.3) is 0 Å². The second kappa shape index (κ2) is 9.15. The molecule has 0 fully saturated rings. The largest absolute Gasteiger partial charge is 0.490 e. The van der Waals surface area contributed by atoms with Gasteiger partial charge in [0.05, 0.1) is 35.1 Å². The number of imidazole rings is 1. The summed E-state index contributed by atoms with van der Waals surface area (Å²) in [5.41, 5.74) is 10.2. The first-order valence-electron chi connectivity index (χ1n) is 9.74. The first-order valence-corrected chi connectivity index (χ1v) is 10.6. The molecule has 2 aromatic carbocycles. The van der Waals surface area contributed by atoms with Crippen molar-refractivity contribution in [3.05, 3.63) is 53.7 Å². The molecule has 8 nitrogen and oxygen atoms in total. The Bertz CT molecular complexity index is 1220. The molecule has 0 unspecified atom stereocenters. The van der Waals surface area contributed by atoms with Crippen molar-refractivity contribution in [2.45, 2.75) is 13.3 Å². The normalized spacial score (nSPS) is 11.0. The summed E-state index contributed by atoms with van der Waals surface area (Å²) < 4.78 is 11.9. The second-order valence-electron chi connectivity index (χ2n) is 7.07. The number of ether oxygens (including phenoxy) is 2. The number of nitrogen functional groups attached to an aromatic ring is 1. The summed E-state index contributed by atoms with van der Waals surface area (Å²) >= 11 is 1.40. The molecule has 0 saturated carbocycles. The number of anilines is 2. The highest BCUT2D eigenvalue weighted by Gasteiger charge is 2.13. The van der Waals surface area contributed by atoms with Crippen LogP contribution in [0.25, 0.3) is 21.5 Å². The number of aromatic nitrogens is 3. The van der Waals surface area contributed by atoms with E-state index in [0.717, 1.165) is 38.4 Å². The number of nitrogens with one attached hydrogen (secondary N) is 2. The van der Waals surface area contributed by atoms with Crippen molar-refractivity contribution in [3.8, 4) is 17.0 Å². The molecule has 160 valence electrons. The highest BCUT2D eigenvalue weighted by molar-refractivity contribution is 7.22. The number of amides is 1. The van der Waals surface area contributed by atoms with Gasteiger partial charge in [0, 0.05) is 12.7 Å². The van der Waals surface area contributed by atoms with E-state index < -0.39 is 0 Å². The van der Waals surface area contributed by atoms with Crippen molar-refractivity contribution in [2.75, 3.05) is 31.4 Å². The van der Waals surface area contributed by atoms with Crippen LogP contribution < -0.4 is 15.8 Å². The lowest BCUT2D eigenvalue weighted by Gasteiger charge is -2.11. The highest BCUT2D eigenvalue weighted by atomic mass is 32.1. The Morgan fingerprint density at radius 3 is 2.94 bits per heavy atom. The van der Waals surface area contributed by atoms with Crippen LogP contribution in [0.3, 0.4) is 0 Å². The van der Waals surface area contributed by atoms with Crippen LogP contribution >= 0.6 is 11.3 Å². The summed E-state index contributed by atoms with van der Waals surface area (Å²) in [6.07, 6.45) is 1.90. The topological polar surface area (TPSA) is 115 Å². The third kappa shape index (κ3) is 5.01. The first kappa shape index (κ1) is 20.8. The second-order valence-corrected chi connectivity index (χ2v) is 8.13. The molecule has 4 N–H and O–H groups in total. The van der Waals surface area contributed by atoms with Gasteiger partial charge in [-0.05, 0) is 42.3 Å². The van der Waals surface area contributed by atoms with Gasteiger partial charge >= 0.3 is 0 Å². The number of carbonyl (C=O) groups excluding carboxylic acids is 1. The van der Waals surface area contributed by atoms with Crippen LogP contribution in [0.15, 0.2) is 42.6 Å². The molecule has 0 bridgehead atoms. The summed E-state index contributed by atoms with van der Waals surface area (Å²) in [6, 6.07) is 11.6. The van der Waals surface area contributed by atoms with Gasteiger partial charge in [-0.25, -0.2) is 9.97 Å². The zero-order valence-corrected chi connectivity index (χ0v) is 18.1. The zero-order chi connectivity index (χ0) is 21.8. The van der Waals surface area contributed by atoms with Crippen LogP contribution in [0.5, 0.6) is 5.75 Å². The third-order valence-electron chi connectivity index (χ3n) is 4.64. The van der Waals surface area contributed by atoms with Gasteiger partial charge < -0.3 is 20.2 Å². The fourth-order valence-electron chi connectivity index (χ4n) is 3.19. The van der Waals surface area contributed by atoms with E-state index in [1.54, 1.807) is 13.3 Å². The summed E-state index contributed by atoms with van der Waals surface area (Å²) in [4.78, 5) is 24.2. The van der Waals surface area contributed by atoms with Crippen LogP contribution in [0.1, 0.15) is 11.1 Å². The van der Waals surface area contributed by atoms with Crippen molar-refractivity contribution < 1.29 is 14.3 Å². The van der Waals surface area contributed by atoms with Crippen LogP contribution in [0, 0.1) is 6.92 Å². The molecule has 0 radical (unpaired) electrons. The van der Waals surface area contributed by atoms with Crippen molar-refractivity contribution in [2.24, 2.45) is 0 Å². The molecule has 1 amide bonds. The summed E-state index contributed by atoms with van der Waals surface area (Å²) in [7, 11) is 1.63. The number of H-pyrrole nitrogens is 1. The lowest BCUT2D eigenvalue weighted by molar-refractivity contribution is -0.115. The molecule has 0 spiro atoms. The number of aromatic amines is 1. The number of hydrogen-bond donors (Lipinski definition) is 3. The Hall–Kier alpha value is -3.43. The maximum atomic E-state index is 12.5. The number of nitrogens with two attached hydrogens (primary N) is 1. The molecule has 0 aliphatic carbocycles. The summed E-state index contributed by atoms with van der Waals surface area (Å²) in [5, 5.41) is 3.33. The quantitative estimate of drug-likeness (QED) is 0.361. The molecular formula is C22H23N5O3S. The number of aryl methyl sites for hydroxylation is 1. The smallest absolute Gasteiger partial charge is 0.231 e. The molecule has 4 aromatic rings. The SMILES string of the molecule is COCCOc1cc(C)ccc1-c1cnc(NC(=O)Cc2ccc3nc(N)sc3c2)[nH]1. The van der Waals surface area contributed by atoms with Crippen molar-refractivity contribution in [1.29, 1.82) is 0 Å². The predicted molar refractivity (Wildman–Crippen MR) is 122 cm³/mol. The minimum absolute atomic E-state index is 0.168. The Labute approximate surface area is 183 Å². The number of hydrogen-bond acceptors (Lipinski definition) is 7. The Morgan fingerprint density at radius 2 is 2.10 bits per heavy atom. The fourth-order valence-corrected chi connectivity index (χ4v) is 3.98. The lowest BCUT2D eigenvalue weighted by Crippen LogP contribution is -2.15. The number of benzene rings is 2. The molecule has 31 heavy (non-hydrogen) atoms. The van der Waals surface area contributed by atoms with Crippen LogP contribution in [-0.2, 0) is 16.0 Å². The minimum atomic E-state index is -0.168. The van der Waals surface area contributed by atoms with E-state index in [2.05, 4.69) is 20.3 Å². The van der Waals surface area contributed by atoms with Gasteiger partial charge in [-0.3, -0.25) is 10.1 Å². The molecule has 2 aromatic heterocycles. The molecule has 9 heteroatoms. The van der Waals surface area contributed by atoms with Gasteiger partial charge in [-0.1, -0.05) is 23.5 Å². The zero-order valence-electron chi connectivity index (χ0n) is 17.3. The van der Waals surface area contributed by atoms with E-state index in [1.807, 2.05) is 43.3 Å². The maximum absolute atomic E-state index is 12.5. The first-order chi connectivity index (χ1) is 15.0. The van der Waals surface area contributed by atoms with Gasteiger partial charge in [0.1, 0.15) is 12.4 Å². The number of fused-ring (bicyclic) bond motifs is 1. The van der Waals surface area contributed by atoms with E-state index >= 15 is 0 Å². The molecule has 0 atom stereocenters. The fraction of sp³-hybridized carbons (Fsp3) is 0.227. The number of rotatable bonds is 8. The van der Waals surface area contributed by atoms with E-state index in [9.17, 15) is 4.79 Å². The number of methoxy groups -OCH3 is 1. The highest BCUT2D eigenvalue weighted by Crippen LogP contribution is 2.30. The van der Waals surface area contributed by atoms with Crippen molar-refractivity contribution in [3.63, 3.8) is 0 Å². The van der Waals surface area contributed by atoms with Crippen LogP contribution in [-0.4, -0.2) is 41.2 Å². The summed E-state index contributed by atoms with van der Waals surface area (Å²) in [5.74, 6) is 0.945. The van der Waals surface area contributed by atoms with Crippen LogP contribution in [0.2, 0.25) is 0 Å². The average Bonchev–Trinajstić information content (AvgIpc) is 3.33. The molecular weight excluding hydrogens is 414 g/mol. The molecule has 2 heterocycles. The van der Waals surface area contributed by atoms with Crippen molar-refractivity contribution in [1.82, 2.24) is 15.0 Å². The number of thiazole rings is 1. The number of carbonyl (C=O) groups is 1. The Balaban J connectivity index is 1.45. The predicted octanol–water partition coefficient (Wildman–Crippen LogP) is 3.78. The molecule has 0 aliphatic heterocycles. The average molecular weight is 438 g/mol. The Morgan fingerprint density at radius 1 is 1.23 bits per heavy atom. The van der Waals surface area contributed by atoms with Gasteiger partial charge in [0.2, 0.25) is 11.9 Å². The van der Waals surface area contributed by atoms with Crippen molar-refractivity contribution >= 4 is 38.5 Å². The van der Waals surface area contributed by atoms with E-state index in [1.165, 1.54) is 11.3 Å². The Kier molecular flexibility index (Phi) is 6.15. The van der Waals surface area contributed by atoms with Gasteiger partial charge in [-0.15, -0.1) is 0 Å². The lowest BCUT2D eigenvalue weighted by atomic mass is 10.1. The van der Waals surface area contributed by atoms with Gasteiger partial charge in [-0.2, -0.15) is 0 Å². The van der Waals surface area contributed by atoms with E-state index in [-0.39, 0.29) is 12.3 Å². The number of nitrogens with zero attached hydrogens (tertiary/aromatic N) is 2. The maximum Gasteiger partial charge on any atom is 0.231 e. The summed E-state index contributed by atoms with van der Waals surface area (Å²) in [6.45, 7) is 2.95.